The van der Waals surface area contributed by atoms with Gasteiger partial charge >= 0.3 is 0 Å². The van der Waals surface area contributed by atoms with E-state index in [2.05, 4.69) is 25.5 Å². The zero-order chi connectivity index (χ0) is 18.6. The average Bonchev–Trinajstić information content (AvgIpc) is 3.08. The van der Waals surface area contributed by atoms with Gasteiger partial charge in [-0.25, -0.2) is 9.97 Å². The van der Waals surface area contributed by atoms with Crippen molar-refractivity contribution in [3.63, 3.8) is 0 Å². The minimum absolute atomic E-state index is 0.0662. The maximum atomic E-state index is 10.1. The second-order valence-corrected chi connectivity index (χ2v) is 6.57. The van der Waals surface area contributed by atoms with E-state index in [1.807, 2.05) is 41.3 Å². The monoisotopic (exact) mass is 363 g/mol. The van der Waals surface area contributed by atoms with E-state index in [1.165, 1.54) is 6.33 Å². The number of β-amino-alcohol motifs (C(OH)–C–C–N with tert-alkyl or cyclic N) is 1. The van der Waals surface area contributed by atoms with Crippen molar-refractivity contribution in [1.82, 2.24) is 20.2 Å². The topological polar surface area (TPSA) is 113 Å². The summed E-state index contributed by atoms with van der Waals surface area (Å²) < 4.78 is 0. The van der Waals surface area contributed by atoms with Crippen LogP contribution in [-0.4, -0.2) is 50.5 Å². The third kappa shape index (κ3) is 3.95. The largest absolute Gasteiger partial charge is 0.391 e. The number of nitrogens with zero attached hydrogens (tertiary/aromatic N) is 5. The maximum absolute atomic E-state index is 10.1. The molecule has 27 heavy (non-hydrogen) atoms. The van der Waals surface area contributed by atoms with E-state index >= 15 is 0 Å². The zero-order valence-electron chi connectivity index (χ0n) is 14.7. The van der Waals surface area contributed by atoms with E-state index in [4.69, 9.17) is 5.73 Å². The molecule has 0 radical (unpaired) electrons. The molecule has 0 spiro atoms. The van der Waals surface area contributed by atoms with Gasteiger partial charge in [0.25, 0.3) is 0 Å². The van der Waals surface area contributed by atoms with Crippen LogP contribution in [0.1, 0.15) is 6.42 Å². The van der Waals surface area contributed by atoms with Crippen molar-refractivity contribution in [3.8, 4) is 11.1 Å². The number of hydrogen-bond acceptors (Lipinski definition) is 8. The lowest BCUT2D eigenvalue weighted by Gasteiger charge is -2.25. The molecule has 1 saturated heterocycles. The van der Waals surface area contributed by atoms with Gasteiger partial charge in [0.15, 0.2) is 0 Å². The van der Waals surface area contributed by atoms with Crippen molar-refractivity contribution in [2.45, 2.75) is 18.6 Å². The maximum Gasteiger partial charge on any atom is 0.149 e. The Kier molecular flexibility index (Phi) is 4.80. The Bertz CT molecular complexity index is 905. The van der Waals surface area contributed by atoms with E-state index in [-0.39, 0.29) is 6.04 Å². The number of nitrogens with two attached hydrogens (primary N) is 1. The second kappa shape index (κ2) is 7.55. The summed E-state index contributed by atoms with van der Waals surface area (Å²) >= 11 is 0. The molecule has 2 aromatic heterocycles. The summed E-state index contributed by atoms with van der Waals surface area (Å²) in [5.74, 6) is 1.82. The number of nitrogens with one attached hydrogen (secondary N) is 1. The highest BCUT2D eigenvalue weighted by molar-refractivity contribution is 5.65. The van der Waals surface area contributed by atoms with Gasteiger partial charge in [0.2, 0.25) is 0 Å². The van der Waals surface area contributed by atoms with E-state index in [1.54, 1.807) is 12.3 Å². The van der Waals surface area contributed by atoms with Crippen LogP contribution in [0, 0.1) is 0 Å². The number of nitrogen functional groups attached to an aromatic ring is 1. The van der Waals surface area contributed by atoms with Crippen LogP contribution in [0.25, 0.3) is 11.1 Å². The molecule has 4 rings (SSSR count). The Hall–Kier alpha value is -3.26. The van der Waals surface area contributed by atoms with E-state index in [0.29, 0.717) is 31.1 Å². The highest BCUT2D eigenvalue weighted by Gasteiger charge is 2.31. The van der Waals surface area contributed by atoms with Crippen LogP contribution in [0.15, 0.2) is 55.0 Å². The van der Waals surface area contributed by atoms with Crippen LogP contribution in [0.4, 0.5) is 17.5 Å². The van der Waals surface area contributed by atoms with Crippen molar-refractivity contribution < 1.29 is 5.11 Å². The smallest absolute Gasteiger partial charge is 0.149 e. The Balaban J connectivity index is 1.47. The lowest BCUT2D eigenvalue weighted by molar-refractivity contribution is 0.194. The summed E-state index contributed by atoms with van der Waals surface area (Å²) in [6.45, 7) is 1.12. The summed E-state index contributed by atoms with van der Waals surface area (Å²) in [5, 5.41) is 21.7. The van der Waals surface area contributed by atoms with Gasteiger partial charge in [-0.3, -0.25) is 0 Å². The van der Waals surface area contributed by atoms with E-state index < -0.39 is 6.10 Å². The minimum atomic E-state index is -0.408. The number of aliphatic hydroxyl groups is 1. The van der Waals surface area contributed by atoms with Gasteiger partial charge in [0.1, 0.15) is 23.8 Å². The molecule has 1 aromatic carbocycles. The molecule has 0 amide bonds. The molecule has 2 atom stereocenters. The summed E-state index contributed by atoms with van der Waals surface area (Å²) in [4.78, 5) is 10.3. The van der Waals surface area contributed by atoms with Crippen LogP contribution < -0.4 is 16.0 Å². The molecular formula is C19H21N7O. The average molecular weight is 363 g/mol. The first kappa shape index (κ1) is 17.2. The molecule has 4 N–H and O–H groups in total. The molecule has 1 aliphatic rings. The Morgan fingerprint density at radius 3 is 2.81 bits per heavy atom. The molecule has 138 valence electrons. The zero-order valence-corrected chi connectivity index (χ0v) is 14.7. The van der Waals surface area contributed by atoms with Crippen molar-refractivity contribution >= 4 is 17.5 Å². The number of aliphatic hydroxyl groups excluding tert-OH is 1. The number of rotatable bonds is 5. The number of benzene rings is 1. The standard InChI is InChI=1S/C19H21N7O/c20-17-8-19(23-12-22-17)26-11-16(27)7-15(26)10-21-18-6-14(9-24-25-18)13-4-2-1-3-5-13/h1-6,8-9,12,15-16,27H,7,10-11H2,(H,21,25)(H2,20,22,23)/t15-,16-/m1/s1. The molecule has 0 aliphatic carbocycles. The molecule has 0 bridgehead atoms. The van der Waals surface area contributed by atoms with Gasteiger partial charge < -0.3 is 21.1 Å². The fourth-order valence-electron chi connectivity index (χ4n) is 3.35. The van der Waals surface area contributed by atoms with Crippen LogP contribution >= 0.6 is 0 Å². The van der Waals surface area contributed by atoms with Crippen LogP contribution in [0.2, 0.25) is 0 Å². The van der Waals surface area contributed by atoms with Crippen LogP contribution in [0.3, 0.4) is 0 Å². The molecule has 3 aromatic rings. The summed E-state index contributed by atoms with van der Waals surface area (Å²) in [7, 11) is 0. The molecule has 3 heterocycles. The van der Waals surface area contributed by atoms with Gasteiger partial charge in [-0.05, 0) is 18.1 Å². The Morgan fingerprint density at radius 2 is 2.00 bits per heavy atom. The quantitative estimate of drug-likeness (QED) is 0.626. The third-order valence-corrected chi connectivity index (χ3v) is 4.64. The Labute approximate surface area is 157 Å². The van der Waals surface area contributed by atoms with E-state index in [9.17, 15) is 5.11 Å². The van der Waals surface area contributed by atoms with Gasteiger partial charge in [0.05, 0.1) is 18.3 Å². The van der Waals surface area contributed by atoms with E-state index in [0.717, 1.165) is 16.9 Å². The first-order valence-electron chi connectivity index (χ1n) is 8.83. The lowest BCUT2D eigenvalue weighted by Crippen LogP contribution is -2.35. The van der Waals surface area contributed by atoms with Crippen molar-refractivity contribution in [2.24, 2.45) is 0 Å². The van der Waals surface area contributed by atoms with Crippen LogP contribution in [-0.2, 0) is 0 Å². The summed E-state index contributed by atoms with van der Waals surface area (Å²) in [6, 6.07) is 13.8. The van der Waals surface area contributed by atoms with Gasteiger partial charge in [-0.1, -0.05) is 30.3 Å². The second-order valence-electron chi connectivity index (χ2n) is 6.57. The molecule has 1 fully saturated rings. The number of anilines is 3. The number of aromatic nitrogens is 4. The van der Waals surface area contributed by atoms with Crippen LogP contribution in [0.5, 0.6) is 0 Å². The first-order valence-corrected chi connectivity index (χ1v) is 8.83. The van der Waals surface area contributed by atoms with Crippen molar-refractivity contribution in [1.29, 1.82) is 0 Å². The minimum Gasteiger partial charge on any atom is -0.391 e. The normalized spacial score (nSPS) is 19.2. The number of hydrogen-bond donors (Lipinski definition) is 3. The SMILES string of the molecule is Nc1cc(N2C[C@H](O)C[C@@H]2CNc2cc(-c3ccccc3)cnn2)ncn1. The Morgan fingerprint density at radius 1 is 1.15 bits per heavy atom. The summed E-state index contributed by atoms with van der Waals surface area (Å²) in [6.07, 6.45) is 3.42. The third-order valence-electron chi connectivity index (χ3n) is 4.64. The molecular weight excluding hydrogens is 342 g/mol. The predicted molar refractivity (Wildman–Crippen MR) is 104 cm³/mol. The fourth-order valence-corrected chi connectivity index (χ4v) is 3.35. The van der Waals surface area contributed by atoms with Gasteiger partial charge in [-0.15, -0.1) is 5.10 Å². The van der Waals surface area contributed by atoms with Crippen molar-refractivity contribution in [3.05, 3.63) is 55.0 Å². The highest BCUT2D eigenvalue weighted by atomic mass is 16.3. The van der Waals surface area contributed by atoms with Crippen molar-refractivity contribution in [2.75, 3.05) is 29.0 Å². The molecule has 1 aliphatic heterocycles. The first-order chi connectivity index (χ1) is 13.2. The molecule has 8 heteroatoms. The molecule has 0 unspecified atom stereocenters. The lowest BCUT2D eigenvalue weighted by atomic mass is 10.1. The molecule has 8 nitrogen and oxygen atoms in total. The highest BCUT2D eigenvalue weighted by Crippen LogP contribution is 2.25. The predicted octanol–water partition coefficient (Wildman–Crippen LogP) is 1.57. The van der Waals surface area contributed by atoms with Gasteiger partial charge in [0, 0.05) is 24.7 Å². The fraction of sp³-hybridized carbons (Fsp3) is 0.263. The van der Waals surface area contributed by atoms with Gasteiger partial charge in [-0.2, -0.15) is 5.10 Å². The molecule has 0 saturated carbocycles. The summed E-state index contributed by atoms with van der Waals surface area (Å²) in [5.41, 5.74) is 7.86.